The number of fused-ring (bicyclic) bond motifs is 1. The molecule has 4 aromatic carbocycles. The second-order valence-electron chi connectivity index (χ2n) is 11.9. The zero-order valence-corrected chi connectivity index (χ0v) is 25.9. The maximum atomic E-state index is 16.0. The Kier molecular flexibility index (Phi) is 9.02. The Morgan fingerprint density at radius 3 is 2.22 bits per heavy atom. The fourth-order valence-electron chi connectivity index (χ4n) is 6.68. The molecule has 1 fully saturated rings. The smallest absolute Gasteiger partial charge is 0.278 e. The normalized spacial score (nSPS) is 16.6. The van der Waals surface area contributed by atoms with Crippen molar-refractivity contribution in [2.24, 2.45) is 5.92 Å². The van der Waals surface area contributed by atoms with Crippen LogP contribution in [0.5, 0.6) is 5.75 Å². The molecule has 6 rings (SSSR count). The lowest BCUT2D eigenvalue weighted by molar-refractivity contribution is -0.141. The van der Waals surface area contributed by atoms with Crippen molar-refractivity contribution in [1.82, 2.24) is 0 Å². The number of alkyl halides is 2. The van der Waals surface area contributed by atoms with E-state index in [2.05, 4.69) is 4.90 Å². The van der Waals surface area contributed by atoms with E-state index in [9.17, 15) is 4.39 Å². The maximum Gasteiger partial charge on any atom is 0.278 e. The third-order valence-electron chi connectivity index (χ3n) is 8.90. The third kappa shape index (κ3) is 6.65. The second kappa shape index (κ2) is 13.1. The summed E-state index contributed by atoms with van der Waals surface area (Å²) in [5, 5.41) is 0. The Labute approximate surface area is 263 Å². The number of hydrogen-bond acceptors (Lipinski definition) is 4. The average molecular weight is 614 g/mol. The van der Waals surface area contributed by atoms with Crippen LogP contribution in [0.3, 0.4) is 0 Å². The van der Waals surface area contributed by atoms with E-state index in [1.807, 2.05) is 54.6 Å². The quantitative estimate of drug-likeness (QED) is 0.176. The monoisotopic (exact) mass is 613 g/mol. The summed E-state index contributed by atoms with van der Waals surface area (Å²) >= 11 is 0. The molecule has 45 heavy (non-hydrogen) atoms. The standard InChI is InChI=1S/C38H38F3NO3/c1-25-19-29(21-30(39)20-25)34-23-38(40,41)35-22-32(45-24-26-7-5-4-6-8-26)13-14-33(35)36(34)27-9-11-31(12-10-27)42-17-15-28(16-18-42)37(43-2)44-3/h4-14,19-22,28,37H,15-18,23-24H2,1-3H3. The molecule has 1 aliphatic carbocycles. The molecule has 0 amide bonds. The van der Waals surface area contributed by atoms with E-state index >= 15 is 8.78 Å². The van der Waals surface area contributed by atoms with Crippen molar-refractivity contribution in [3.63, 3.8) is 0 Å². The molecule has 2 aliphatic rings. The number of rotatable bonds is 9. The van der Waals surface area contributed by atoms with Crippen molar-refractivity contribution < 1.29 is 27.4 Å². The fraction of sp³-hybridized carbons (Fsp3) is 0.316. The topological polar surface area (TPSA) is 30.9 Å². The molecule has 0 aromatic heterocycles. The molecule has 4 aromatic rings. The van der Waals surface area contributed by atoms with Crippen molar-refractivity contribution in [3.8, 4) is 5.75 Å². The van der Waals surface area contributed by atoms with Gasteiger partial charge in [-0.3, -0.25) is 0 Å². The van der Waals surface area contributed by atoms with Crippen molar-refractivity contribution >= 4 is 16.8 Å². The van der Waals surface area contributed by atoms with E-state index in [0.29, 0.717) is 39.5 Å². The first kappa shape index (κ1) is 30.9. The highest BCUT2D eigenvalue weighted by Crippen LogP contribution is 2.51. The van der Waals surface area contributed by atoms with Crippen LogP contribution in [-0.2, 0) is 22.0 Å². The lowest BCUT2D eigenvalue weighted by Crippen LogP contribution is -2.39. The predicted molar refractivity (Wildman–Crippen MR) is 172 cm³/mol. The molecule has 1 heterocycles. The highest BCUT2D eigenvalue weighted by atomic mass is 19.3. The summed E-state index contributed by atoms with van der Waals surface area (Å²) in [4.78, 5) is 2.33. The van der Waals surface area contributed by atoms with Crippen LogP contribution in [-0.4, -0.2) is 33.6 Å². The van der Waals surface area contributed by atoms with Gasteiger partial charge in [-0.05, 0) is 95.1 Å². The molecule has 7 heteroatoms. The van der Waals surface area contributed by atoms with Crippen molar-refractivity contribution in [2.45, 2.75) is 45.0 Å². The Morgan fingerprint density at radius 1 is 0.844 bits per heavy atom. The van der Waals surface area contributed by atoms with Gasteiger partial charge in [0, 0.05) is 50.9 Å². The minimum Gasteiger partial charge on any atom is -0.489 e. The summed E-state index contributed by atoms with van der Waals surface area (Å²) < 4.78 is 63.5. The molecule has 0 N–H and O–H groups in total. The Hall–Kier alpha value is -4.07. The van der Waals surface area contributed by atoms with Crippen molar-refractivity contribution in [1.29, 1.82) is 0 Å². The molecule has 0 saturated carbocycles. The van der Waals surface area contributed by atoms with Crippen molar-refractivity contribution in [3.05, 3.63) is 130 Å². The molecule has 234 valence electrons. The number of aryl methyl sites for hydroxylation is 1. The average Bonchev–Trinajstić information content (AvgIpc) is 3.05. The number of halogens is 3. The van der Waals surface area contributed by atoms with Gasteiger partial charge in [0.1, 0.15) is 18.2 Å². The number of benzene rings is 4. The van der Waals surface area contributed by atoms with Crippen LogP contribution in [0.15, 0.2) is 91.0 Å². The maximum absolute atomic E-state index is 16.0. The SMILES string of the molecule is COC(OC)C1CCN(c2ccc(C3=C(c4cc(C)cc(F)c4)CC(F)(F)c4cc(OCc5ccccc5)ccc43)cc2)CC1. The van der Waals surface area contributed by atoms with Gasteiger partial charge in [0.15, 0.2) is 6.29 Å². The van der Waals surface area contributed by atoms with E-state index in [1.54, 1.807) is 39.3 Å². The fourth-order valence-corrected chi connectivity index (χ4v) is 6.68. The van der Waals surface area contributed by atoms with Crippen LogP contribution in [0.4, 0.5) is 18.9 Å². The first-order chi connectivity index (χ1) is 21.8. The summed E-state index contributed by atoms with van der Waals surface area (Å²) in [6.45, 7) is 3.78. The molecular formula is C38H38F3NO3. The van der Waals surface area contributed by atoms with E-state index in [-0.39, 0.29) is 18.5 Å². The Morgan fingerprint density at radius 2 is 1.56 bits per heavy atom. The zero-order valence-electron chi connectivity index (χ0n) is 25.9. The summed E-state index contributed by atoms with van der Waals surface area (Å²) in [7, 11) is 3.34. The summed E-state index contributed by atoms with van der Waals surface area (Å²) in [5.74, 6) is -2.91. The highest BCUT2D eigenvalue weighted by Gasteiger charge is 2.42. The van der Waals surface area contributed by atoms with Gasteiger partial charge in [0.25, 0.3) is 5.92 Å². The number of piperidine rings is 1. The van der Waals surface area contributed by atoms with Crippen LogP contribution in [0.1, 0.15) is 52.6 Å². The van der Waals surface area contributed by atoms with E-state index in [0.717, 1.165) is 42.7 Å². The number of allylic oxidation sites excluding steroid dienone is 1. The van der Waals surface area contributed by atoms with E-state index in [1.165, 1.54) is 18.2 Å². The zero-order chi connectivity index (χ0) is 31.6. The molecule has 0 unspecified atom stereocenters. The van der Waals surface area contributed by atoms with Gasteiger partial charge in [-0.2, -0.15) is 0 Å². The molecule has 0 radical (unpaired) electrons. The molecule has 0 spiro atoms. The van der Waals surface area contributed by atoms with Crippen LogP contribution in [0, 0.1) is 18.7 Å². The predicted octanol–water partition coefficient (Wildman–Crippen LogP) is 9.00. The van der Waals surface area contributed by atoms with Gasteiger partial charge < -0.3 is 19.1 Å². The molecule has 1 saturated heterocycles. The molecular weight excluding hydrogens is 575 g/mol. The van der Waals surface area contributed by atoms with Gasteiger partial charge in [-0.15, -0.1) is 0 Å². The van der Waals surface area contributed by atoms with E-state index in [4.69, 9.17) is 14.2 Å². The number of ether oxygens (including phenoxy) is 3. The van der Waals surface area contributed by atoms with Gasteiger partial charge in [0.2, 0.25) is 0 Å². The van der Waals surface area contributed by atoms with Gasteiger partial charge in [-0.25, -0.2) is 13.2 Å². The van der Waals surface area contributed by atoms with Crippen molar-refractivity contribution in [2.75, 3.05) is 32.2 Å². The van der Waals surface area contributed by atoms with Crippen LogP contribution in [0.2, 0.25) is 0 Å². The summed E-state index contributed by atoms with van der Waals surface area (Å²) in [6, 6.07) is 27.1. The van der Waals surface area contributed by atoms with Crippen LogP contribution < -0.4 is 9.64 Å². The molecule has 0 atom stereocenters. The number of hydrogen-bond donors (Lipinski definition) is 0. The van der Waals surface area contributed by atoms with Crippen LogP contribution >= 0.6 is 0 Å². The minimum absolute atomic E-state index is 0.0862. The van der Waals surface area contributed by atoms with E-state index < -0.39 is 18.2 Å². The number of methoxy groups -OCH3 is 2. The Bertz CT molecular complexity index is 1640. The second-order valence-corrected chi connectivity index (χ2v) is 11.9. The number of anilines is 1. The van der Waals surface area contributed by atoms with Gasteiger partial charge >= 0.3 is 0 Å². The summed E-state index contributed by atoms with van der Waals surface area (Å²) in [5.41, 5.74) is 5.42. The summed E-state index contributed by atoms with van der Waals surface area (Å²) in [6.07, 6.45) is 1.13. The highest BCUT2D eigenvalue weighted by molar-refractivity contribution is 6.01. The van der Waals surface area contributed by atoms with Gasteiger partial charge in [-0.1, -0.05) is 54.6 Å². The largest absolute Gasteiger partial charge is 0.489 e. The first-order valence-electron chi connectivity index (χ1n) is 15.4. The molecule has 1 aliphatic heterocycles. The Balaban J connectivity index is 1.36. The molecule has 0 bridgehead atoms. The lowest BCUT2D eigenvalue weighted by Gasteiger charge is -2.36. The molecule has 4 nitrogen and oxygen atoms in total. The van der Waals surface area contributed by atoms with Crippen LogP contribution in [0.25, 0.3) is 11.1 Å². The third-order valence-corrected chi connectivity index (χ3v) is 8.90. The van der Waals surface area contributed by atoms with Gasteiger partial charge in [0.05, 0.1) is 0 Å². The first-order valence-corrected chi connectivity index (χ1v) is 15.4. The lowest BCUT2D eigenvalue weighted by atomic mass is 9.77. The number of nitrogens with zero attached hydrogens (tertiary/aromatic N) is 1. The minimum atomic E-state index is -3.17.